The van der Waals surface area contributed by atoms with Gasteiger partial charge in [0.05, 0.1) is 4.92 Å². The van der Waals surface area contributed by atoms with Crippen molar-refractivity contribution in [3.8, 4) is 17.3 Å². The SMILES string of the molecule is Cn1nc(-c2ccc([N+](=O)[O-])cc2)c(C#N)c1Nc1ccccn1. The molecule has 0 amide bonds. The average Bonchev–Trinajstić information content (AvgIpc) is 2.92. The molecule has 0 aliphatic rings. The molecule has 2 aromatic heterocycles. The second-order valence-electron chi connectivity index (χ2n) is 4.95. The van der Waals surface area contributed by atoms with Gasteiger partial charge in [-0.1, -0.05) is 6.07 Å². The fraction of sp³-hybridized carbons (Fsp3) is 0.0625. The summed E-state index contributed by atoms with van der Waals surface area (Å²) in [5, 5.41) is 27.7. The van der Waals surface area contributed by atoms with Gasteiger partial charge in [0.25, 0.3) is 5.69 Å². The normalized spacial score (nSPS) is 10.2. The van der Waals surface area contributed by atoms with Gasteiger partial charge in [0, 0.05) is 30.9 Å². The molecular formula is C16H12N6O2. The lowest BCUT2D eigenvalue weighted by atomic mass is 10.1. The van der Waals surface area contributed by atoms with Crippen molar-refractivity contribution in [2.45, 2.75) is 0 Å². The first-order chi connectivity index (χ1) is 11.6. The molecule has 8 heteroatoms. The molecule has 0 bridgehead atoms. The maximum atomic E-state index is 10.7. The van der Waals surface area contributed by atoms with Gasteiger partial charge in [-0.3, -0.25) is 14.8 Å². The first kappa shape index (κ1) is 15.2. The van der Waals surface area contributed by atoms with Crippen LogP contribution in [-0.2, 0) is 7.05 Å². The first-order valence-electron chi connectivity index (χ1n) is 7.00. The van der Waals surface area contributed by atoms with Gasteiger partial charge in [-0.25, -0.2) is 4.98 Å². The first-order valence-corrected chi connectivity index (χ1v) is 7.00. The summed E-state index contributed by atoms with van der Waals surface area (Å²) in [6.07, 6.45) is 1.64. The number of non-ortho nitro benzene ring substituents is 1. The van der Waals surface area contributed by atoms with Gasteiger partial charge in [0.2, 0.25) is 0 Å². The summed E-state index contributed by atoms with van der Waals surface area (Å²) in [6, 6.07) is 13.5. The second-order valence-corrected chi connectivity index (χ2v) is 4.95. The Morgan fingerprint density at radius 3 is 2.58 bits per heavy atom. The fourth-order valence-electron chi connectivity index (χ4n) is 2.27. The molecule has 3 aromatic rings. The molecule has 1 aromatic carbocycles. The molecule has 3 rings (SSSR count). The third kappa shape index (κ3) is 2.78. The molecule has 0 saturated carbocycles. The summed E-state index contributed by atoms with van der Waals surface area (Å²) < 4.78 is 1.55. The van der Waals surface area contributed by atoms with E-state index in [0.29, 0.717) is 28.5 Å². The molecule has 0 spiro atoms. The number of hydrogen-bond acceptors (Lipinski definition) is 6. The van der Waals surface area contributed by atoms with Crippen LogP contribution in [0.3, 0.4) is 0 Å². The van der Waals surface area contributed by atoms with Gasteiger partial charge < -0.3 is 5.32 Å². The smallest absolute Gasteiger partial charge is 0.269 e. The maximum absolute atomic E-state index is 10.7. The fourth-order valence-corrected chi connectivity index (χ4v) is 2.27. The van der Waals surface area contributed by atoms with E-state index in [0.717, 1.165) is 0 Å². The summed E-state index contributed by atoms with van der Waals surface area (Å²) in [6.45, 7) is 0. The third-order valence-corrected chi connectivity index (χ3v) is 3.42. The second kappa shape index (κ2) is 6.18. The summed E-state index contributed by atoms with van der Waals surface area (Å²) >= 11 is 0. The predicted octanol–water partition coefficient (Wildman–Crippen LogP) is 3.01. The van der Waals surface area contributed by atoms with E-state index in [2.05, 4.69) is 21.5 Å². The van der Waals surface area contributed by atoms with E-state index in [1.807, 2.05) is 6.07 Å². The molecule has 2 heterocycles. The number of nitro benzene ring substituents is 1. The summed E-state index contributed by atoms with van der Waals surface area (Å²) in [5.41, 5.74) is 1.41. The molecule has 0 atom stereocenters. The number of nitrogens with zero attached hydrogens (tertiary/aromatic N) is 5. The van der Waals surface area contributed by atoms with Gasteiger partial charge in [-0.2, -0.15) is 10.4 Å². The number of pyridine rings is 1. The van der Waals surface area contributed by atoms with Gasteiger partial charge in [-0.05, 0) is 24.3 Å². The number of rotatable bonds is 4. The Bertz CT molecular complexity index is 926. The molecule has 0 fully saturated rings. The summed E-state index contributed by atoms with van der Waals surface area (Å²) in [4.78, 5) is 14.4. The Labute approximate surface area is 137 Å². The van der Waals surface area contributed by atoms with Crippen molar-refractivity contribution in [3.63, 3.8) is 0 Å². The minimum atomic E-state index is -0.471. The van der Waals surface area contributed by atoms with Crippen LogP contribution in [0.5, 0.6) is 0 Å². The summed E-state index contributed by atoms with van der Waals surface area (Å²) in [7, 11) is 1.71. The van der Waals surface area contributed by atoms with E-state index in [-0.39, 0.29) is 5.69 Å². The quantitative estimate of drug-likeness (QED) is 0.584. The molecule has 1 N–H and O–H groups in total. The molecule has 8 nitrogen and oxygen atoms in total. The Kier molecular flexibility index (Phi) is 3.91. The van der Waals surface area contributed by atoms with E-state index in [4.69, 9.17) is 0 Å². The highest BCUT2D eigenvalue weighted by atomic mass is 16.6. The van der Waals surface area contributed by atoms with Crippen molar-refractivity contribution < 1.29 is 4.92 Å². The number of hydrogen-bond donors (Lipinski definition) is 1. The lowest BCUT2D eigenvalue weighted by Crippen LogP contribution is -2.01. The number of anilines is 2. The molecule has 0 saturated heterocycles. The van der Waals surface area contributed by atoms with Crippen LogP contribution in [0.25, 0.3) is 11.3 Å². The summed E-state index contributed by atoms with van der Waals surface area (Å²) in [5.74, 6) is 1.09. The highest BCUT2D eigenvalue weighted by Crippen LogP contribution is 2.30. The molecule has 118 valence electrons. The van der Waals surface area contributed by atoms with Crippen molar-refractivity contribution >= 4 is 17.3 Å². The third-order valence-electron chi connectivity index (χ3n) is 3.42. The molecule has 0 aliphatic heterocycles. The van der Waals surface area contributed by atoms with Crippen LogP contribution in [0.1, 0.15) is 5.56 Å². The predicted molar refractivity (Wildman–Crippen MR) is 87.5 cm³/mol. The zero-order valence-electron chi connectivity index (χ0n) is 12.7. The lowest BCUT2D eigenvalue weighted by molar-refractivity contribution is -0.384. The van der Waals surface area contributed by atoms with Crippen LogP contribution in [0, 0.1) is 21.4 Å². The Morgan fingerprint density at radius 2 is 2.00 bits per heavy atom. The van der Waals surface area contributed by atoms with Crippen LogP contribution in [0.15, 0.2) is 48.7 Å². The van der Waals surface area contributed by atoms with Crippen LogP contribution in [-0.4, -0.2) is 19.7 Å². The molecule has 0 unspecified atom stereocenters. The van der Waals surface area contributed by atoms with E-state index >= 15 is 0 Å². The topological polar surface area (TPSA) is 110 Å². The molecule has 24 heavy (non-hydrogen) atoms. The Hall–Kier alpha value is -3.73. The Morgan fingerprint density at radius 1 is 1.25 bits per heavy atom. The number of benzene rings is 1. The highest BCUT2D eigenvalue weighted by molar-refractivity contribution is 5.76. The zero-order valence-corrected chi connectivity index (χ0v) is 12.7. The van der Waals surface area contributed by atoms with Crippen molar-refractivity contribution in [1.29, 1.82) is 5.26 Å². The van der Waals surface area contributed by atoms with Crippen molar-refractivity contribution in [2.75, 3.05) is 5.32 Å². The average molecular weight is 320 g/mol. The number of aryl methyl sites for hydroxylation is 1. The van der Waals surface area contributed by atoms with E-state index in [1.54, 1.807) is 42.2 Å². The van der Waals surface area contributed by atoms with Crippen molar-refractivity contribution in [2.24, 2.45) is 7.05 Å². The number of nitriles is 1. The highest BCUT2D eigenvalue weighted by Gasteiger charge is 2.18. The van der Waals surface area contributed by atoms with E-state index < -0.39 is 4.92 Å². The van der Waals surface area contributed by atoms with Gasteiger partial charge in [0.15, 0.2) is 0 Å². The lowest BCUT2D eigenvalue weighted by Gasteiger charge is -2.05. The van der Waals surface area contributed by atoms with Crippen LogP contribution >= 0.6 is 0 Å². The molecule has 0 aliphatic carbocycles. The minimum absolute atomic E-state index is 0.0139. The standard InChI is InChI=1S/C16H12N6O2/c1-21-16(19-14-4-2-3-9-18-14)13(10-17)15(20-21)11-5-7-12(8-6-11)22(23)24/h2-9H,1H3,(H,18,19). The van der Waals surface area contributed by atoms with Crippen LogP contribution in [0.4, 0.5) is 17.3 Å². The number of aromatic nitrogens is 3. The van der Waals surface area contributed by atoms with Gasteiger partial charge in [-0.15, -0.1) is 0 Å². The van der Waals surface area contributed by atoms with Gasteiger partial charge in [0.1, 0.15) is 29.0 Å². The zero-order chi connectivity index (χ0) is 17.1. The van der Waals surface area contributed by atoms with Crippen molar-refractivity contribution in [1.82, 2.24) is 14.8 Å². The van der Waals surface area contributed by atoms with Gasteiger partial charge >= 0.3 is 0 Å². The minimum Gasteiger partial charge on any atom is -0.324 e. The van der Waals surface area contributed by atoms with Crippen molar-refractivity contribution in [3.05, 3.63) is 64.3 Å². The van der Waals surface area contributed by atoms with E-state index in [9.17, 15) is 15.4 Å². The van der Waals surface area contributed by atoms with Crippen LogP contribution < -0.4 is 5.32 Å². The van der Waals surface area contributed by atoms with Crippen LogP contribution in [0.2, 0.25) is 0 Å². The number of nitro groups is 1. The molecular weight excluding hydrogens is 308 g/mol. The monoisotopic (exact) mass is 320 g/mol. The van der Waals surface area contributed by atoms with E-state index in [1.165, 1.54) is 12.1 Å². The molecule has 0 radical (unpaired) electrons. The Balaban J connectivity index is 2.02. The largest absolute Gasteiger partial charge is 0.324 e. The number of nitrogens with one attached hydrogen (secondary N) is 1. The maximum Gasteiger partial charge on any atom is 0.269 e.